The molecule has 7 heteroatoms. The Balaban J connectivity index is 4.18. The van der Waals surface area contributed by atoms with Crippen LogP contribution in [0.3, 0.4) is 0 Å². The minimum atomic E-state index is -0.926. The third-order valence-electron chi connectivity index (χ3n) is 2.16. The van der Waals surface area contributed by atoms with E-state index in [-0.39, 0.29) is 18.6 Å². The van der Waals surface area contributed by atoms with Gasteiger partial charge in [0.2, 0.25) is 6.29 Å². The predicted octanol–water partition coefficient (Wildman–Crippen LogP) is 0.978. The van der Waals surface area contributed by atoms with Crippen molar-refractivity contribution in [1.29, 1.82) is 0 Å². The van der Waals surface area contributed by atoms with Crippen LogP contribution in [-0.2, 0) is 33.6 Å². The Kier molecular flexibility index (Phi) is 8.77. The number of rotatable bonds is 9. The number of carbonyl (C=O) groups excluding carboxylic acids is 2. The van der Waals surface area contributed by atoms with Crippen LogP contribution in [0.2, 0.25) is 0 Å². The molecule has 0 spiro atoms. The smallest absolute Gasteiger partial charge is 0.336 e. The van der Waals surface area contributed by atoms with E-state index in [1.807, 2.05) is 0 Å². The molecule has 0 bridgehead atoms. The van der Waals surface area contributed by atoms with Crippen LogP contribution in [0.4, 0.5) is 0 Å². The Bertz CT molecular complexity index is 313. The van der Waals surface area contributed by atoms with E-state index in [2.05, 4.69) is 11.3 Å². The average Bonchev–Trinajstić information content (AvgIpc) is 2.41. The largest absolute Gasteiger partial charge is 0.469 e. The first-order chi connectivity index (χ1) is 8.96. The molecule has 110 valence electrons. The lowest BCUT2D eigenvalue weighted by Gasteiger charge is -2.18. The first-order valence-electron chi connectivity index (χ1n) is 5.73. The molecule has 0 saturated heterocycles. The highest BCUT2D eigenvalue weighted by molar-refractivity contribution is 5.88. The van der Waals surface area contributed by atoms with Gasteiger partial charge in [0, 0.05) is 7.11 Å². The standard InChI is InChI=1S/C12H20O7/c1-6-17-12(14)8(2)9(3)18-19-11(16-5)7-10(13)15-4/h9,11H,2,6-7H2,1,3-5H3. The van der Waals surface area contributed by atoms with Crippen molar-refractivity contribution in [3.8, 4) is 0 Å². The minimum Gasteiger partial charge on any atom is -0.469 e. The van der Waals surface area contributed by atoms with Gasteiger partial charge in [0.05, 0.1) is 25.7 Å². The molecule has 0 aromatic rings. The van der Waals surface area contributed by atoms with Crippen LogP contribution in [-0.4, -0.2) is 45.2 Å². The summed E-state index contributed by atoms with van der Waals surface area (Å²) in [5.74, 6) is -1.08. The summed E-state index contributed by atoms with van der Waals surface area (Å²) in [6, 6.07) is 0. The van der Waals surface area contributed by atoms with Crippen LogP contribution in [0.15, 0.2) is 12.2 Å². The van der Waals surface area contributed by atoms with E-state index >= 15 is 0 Å². The van der Waals surface area contributed by atoms with E-state index in [1.165, 1.54) is 14.2 Å². The van der Waals surface area contributed by atoms with Gasteiger partial charge in [-0.05, 0) is 13.8 Å². The molecular weight excluding hydrogens is 256 g/mol. The van der Waals surface area contributed by atoms with E-state index in [9.17, 15) is 9.59 Å². The van der Waals surface area contributed by atoms with Gasteiger partial charge in [-0.25, -0.2) is 14.6 Å². The van der Waals surface area contributed by atoms with E-state index in [4.69, 9.17) is 19.2 Å². The lowest BCUT2D eigenvalue weighted by atomic mass is 10.2. The third kappa shape index (κ3) is 6.90. The van der Waals surface area contributed by atoms with Crippen molar-refractivity contribution >= 4 is 11.9 Å². The summed E-state index contributed by atoms with van der Waals surface area (Å²) < 4.78 is 14.1. The van der Waals surface area contributed by atoms with Gasteiger partial charge in [-0.15, -0.1) is 0 Å². The Morgan fingerprint density at radius 2 is 1.84 bits per heavy atom. The lowest BCUT2D eigenvalue weighted by Crippen LogP contribution is -2.26. The van der Waals surface area contributed by atoms with Crippen LogP contribution in [0.1, 0.15) is 20.3 Å². The summed E-state index contributed by atoms with van der Waals surface area (Å²) in [4.78, 5) is 32.2. The maximum Gasteiger partial charge on any atom is 0.336 e. The second kappa shape index (κ2) is 9.48. The Morgan fingerprint density at radius 3 is 2.32 bits per heavy atom. The zero-order chi connectivity index (χ0) is 14.8. The summed E-state index contributed by atoms with van der Waals surface area (Å²) in [6.45, 7) is 7.03. The molecule has 0 rings (SSSR count). The van der Waals surface area contributed by atoms with Crippen molar-refractivity contribution in [3.63, 3.8) is 0 Å². The van der Waals surface area contributed by atoms with Gasteiger partial charge in [0.1, 0.15) is 6.10 Å². The second-order valence-electron chi connectivity index (χ2n) is 3.53. The molecule has 2 unspecified atom stereocenters. The van der Waals surface area contributed by atoms with Crippen LogP contribution >= 0.6 is 0 Å². The lowest BCUT2D eigenvalue weighted by molar-refractivity contribution is -0.386. The fourth-order valence-electron chi connectivity index (χ4n) is 0.969. The molecule has 7 nitrogen and oxygen atoms in total. The molecule has 0 saturated carbocycles. The average molecular weight is 276 g/mol. The van der Waals surface area contributed by atoms with Crippen LogP contribution in [0.5, 0.6) is 0 Å². The van der Waals surface area contributed by atoms with Gasteiger partial charge < -0.3 is 14.2 Å². The van der Waals surface area contributed by atoms with Crippen LogP contribution in [0.25, 0.3) is 0 Å². The summed E-state index contributed by atoms with van der Waals surface area (Å²) in [5, 5.41) is 0. The Hall–Kier alpha value is -1.44. The van der Waals surface area contributed by atoms with Crippen molar-refractivity contribution < 1.29 is 33.6 Å². The molecule has 0 radical (unpaired) electrons. The van der Waals surface area contributed by atoms with E-state index in [1.54, 1.807) is 13.8 Å². The first-order valence-corrected chi connectivity index (χ1v) is 5.73. The summed E-state index contributed by atoms with van der Waals surface area (Å²) in [6.07, 6.45) is -1.79. The van der Waals surface area contributed by atoms with Crippen molar-refractivity contribution in [1.82, 2.24) is 0 Å². The van der Waals surface area contributed by atoms with E-state index in [0.29, 0.717) is 0 Å². The van der Waals surface area contributed by atoms with Crippen molar-refractivity contribution in [3.05, 3.63) is 12.2 Å². The number of hydrogen-bond acceptors (Lipinski definition) is 7. The molecule has 0 aliphatic carbocycles. The molecule has 0 aromatic heterocycles. The molecule has 0 amide bonds. The molecule has 0 N–H and O–H groups in total. The topological polar surface area (TPSA) is 80.3 Å². The van der Waals surface area contributed by atoms with E-state index in [0.717, 1.165) is 0 Å². The molecule has 0 aliphatic heterocycles. The Morgan fingerprint density at radius 1 is 1.21 bits per heavy atom. The van der Waals surface area contributed by atoms with Gasteiger partial charge in [0.15, 0.2) is 0 Å². The number of methoxy groups -OCH3 is 2. The van der Waals surface area contributed by atoms with Crippen molar-refractivity contribution in [2.24, 2.45) is 0 Å². The fraction of sp³-hybridized carbons (Fsp3) is 0.667. The highest BCUT2D eigenvalue weighted by Crippen LogP contribution is 2.10. The fourth-order valence-corrected chi connectivity index (χ4v) is 0.969. The number of carbonyl (C=O) groups is 2. The summed E-state index contributed by atoms with van der Waals surface area (Å²) >= 11 is 0. The molecule has 0 fully saturated rings. The van der Waals surface area contributed by atoms with E-state index < -0.39 is 24.3 Å². The maximum absolute atomic E-state index is 11.4. The summed E-state index contributed by atoms with van der Waals surface area (Å²) in [7, 11) is 2.60. The zero-order valence-electron chi connectivity index (χ0n) is 11.6. The molecule has 0 aliphatic rings. The molecule has 19 heavy (non-hydrogen) atoms. The number of hydrogen-bond donors (Lipinski definition) is 0. The van der Waals surface area contributed by atoms with Crippen molar-refractivity contribution in [2.75, 3.05) is 20.8 Å². The van der Waals surface area contributed by atoms with Gasteiger partial charge in [-0.1, -0.05) is 6.58 Å². The van der Waals surface area contributed by atoms with Crippen molar-refractivity contribution in [2.45, 2.75) is 32.7 Å². The first kappa shape index (κ1) is 17.6. The highest BCUT2D eigenvalue weighted by atomic mass is 17.2. The van der Waals surface area contributed by atoms with Crippen LogP contribution in [0, 0.1) is 0 Å². The van der Waals surface area contributed by atoms with Gasteiger partial charge in [-0.2, -0.15) is 0 Å². The Labute approximate surface area is 112 Å². The second-order valence-corrected chi connectivity index (χ2v) is 3.53. The zero-order valence-corrected chi connectivity index (χ0v) is 11.6. The molecule has 0 aromatic carbocycles. The normalized spacial score (nSPS) is 13.5. The molecule has 0 heterocycles. The quantitative estimate of drug-likeness (QED) is 0.204. The predicted molar refractivity (Wildman–Crippen MR) is 64.8 cm³/mol. The van der Waals surface area contributed by atoms with Crippen LogP contribution < -0.4 is 0 Å². The maximum atomic E-state index is 11.4. The van der Waals surface area contributed by atoms with Gasteiger partial charge >= 0.3 is 11.9 Å². The minimum absolute atomic E-state index is 0.106. The number of ether oxygens (including phenoxy) is 3. The highest BCUT2D eigenvalue weighted by Gasteiger charge is 2.21. The molecule has 2 atom stereocenters. The third-order valence-corrected chi connectivity index (χ3v) is 2.16. The van der Waals surface area contributed by atoms with Gasteiger partial charge in [-0.3, -0.25) is 4.79 Å². The van der Waals surface area contributed by atoms with Gasteiger partial charge in [0.25, 0.3) is 0 Å². The SMILES string of the molecule is C=C(C(=O)OCC)C(C)OOC(CC(=O)OC)OC. The summed E-state index contributed by atoms with van der Waals surface area (Å²) in [5.41, 5.74) is 0.106. The number of esters is 2. The molecular formula is C12H20O7. The monoisotopic (exact) mass is 276 g/mol.